The summed E-state index contributed by atoms with van der Waals surface area (Å²) < 4.78 is 9.32. The van der Waals surface area contributed by atoms with Gasteiger partial charge in [-0.1, -0.05) is 0 Å². The monoisotopic (exact) mass is 266 g/mol. The molecule has 0 radical (unpaired) electrons. The van der Waals surface area contributed by atoms with Gasteiger partial charge in [0.05, 0.1) is 25.9 Å². The van der Waals surface area contributed by atoms with Crippen molar-refractivity contribution in [1.29, 1.82) is 0 Å². The number of rotatable bonds is 4. The van der Waals surface area contributed by atoms with Gasteiger partial charge in [0.2, 0.25) is 0 Å². The van der Waals surface area contributed by atoms with Crippen LogP contribution in [0.1, 0.15) is 12.8 Å². The third-order valence-electron chi connectivity index (χ3n) is 2.83. The van der Waals surface area contributed by atoms with Gasteiger partial charge in [-0.3, -0.25) is 0 Å². The summed E-state index contributed by atoms with van der Waals surface area (Å²) in [5.74, 6) is -3.47. The maximum absolute atomic E-state index is 11.3. The molecule has 5 atom stereocenters. The highest BCUT2D eigenvalue weighted by molar-refractivity contribution is 5.77. The van der Waals surface area contributed by atoms with Crippen LogP contribution in [0, 0.1) is 0 Å². The number of ether oxygens (including phenoxy) is 2. The molecule has 0 amide bonds. The zero-order valence-electron chi connectivity index (χ0n) is 9.89. The molecule has 0 spiro atoms. The summed E-state index contributed by atoms with van der Waals surface area (Å²) in [6, 6.07) is 0. The molecule has 8 heteroatoms. The Labute approximate surface area is 103 Å². The van der Waals surface area contributed by atoms with Crippen molar-refractivity contribution >= 4 is 5.97 Å². The van der Waals surface area contributed by atoms with Crippen molar-refractivity contribution in [1.82, 2.24) is 0 Å². The highest BCUT2D eigenvalue weighted by atomic mass is 16.7. The molecule has 106 valence electrons. The Balaban J connectivity index is 2.80. The minimum atomic E-state index is -2.37. The Morgan fingerprint density at radius 2 is 2.17 bits per heavy atom. The van der Waals surface area contributed by atoms with Gasteiger partial charge in [0.25, 0.3) is 5.79 Å². The van der Waals surface area contributed by atoms with Crippen molar-refractivity contribution in [3.63, 3.8) is 0 Å². The maximum Gasteiger partial charge on any atom is 0.366 e. The van der Waals surface area contributed by atoms with E-state index in [-0.39, 0.29) is 6.42 Å². The molecular formula is C10H18O8. The molecule has 0 saturated carbocycles. The number of hydrogen-bond donors (Lipinski definition) is 5. The molecule has 1 aliphatic rings. The normalized spacial score (nSPS) is 35.9. The summed E-state index contributed by atoms with van der Waals surface area (Å²) in [6.07, 6.45) is -5.81. The average molecular weight is 266 g/mol. The summed E-state index contributed by atoms with van der Waals surface area (Å²) in [5, 5.41) is 47.0. The molecule has 0 bridgehead atoms. The van der Waals surface area contributed by atoms with Crippen molar-refractivity contribution in [2.45, 2.75) is 43.0 Å². The molecule has 1 aliphatic heterocycles. The smallest absolute Gasteiger partial charge is 0.366 e. The number of carbonyl (C=O) groups is 1. The minimum Gasteiger partial charge on any atom is -0.465 e. The van der Waals surface area contributed by atoms with Gasteiger partial charge in [-0.05, 0) is 0 Å². The topological polar surface area (TPSA) is 137 Å². The van der Waals surface area contributed by atoms with Crippen LogP contribution in [0.5, 0.6) is 0 Å². The standard InChI is InChI=1S/C10H18O8/c1-17-9(15)10(16)3-5(12)2-7(18-10)8(14)6(13)4-11/h5-8,11-14,16H,2-4H2,1H3. The number of hydrogen-bond acceptors (Lipinski definition) is 8. The Bertz CT molecular complexity index is 296. The van der Waals surface area contributed by atoms with Crippen LogP contribution >= 0.6 is 0 Å². The maximum atomic E-state index is 11.3. The number of aliphatic hydroxyl groups is 5. The van der Waals surface area contributed by atoms with Crippen molar-refractivity contribution in [3.8, 4) is 0 Å². The average Bonchev–Trinajstić information content (AvgIpc) is 2.34. The van der Waals surface area contributed by atoms with E-state index in [4.69, 9.17) is 9.84 Å². The first-order valence-electron chi connectivity index (χ1n) is 5.47. The molecule has 18 heavy (non-hydrogen) atoms. The van der Waals surface area contributed by atoms with Crippen molar-refractivity contribution < 1.29 is 39.8 Å². The zero-order chi connectivity index (χ0) is 13.9. The fourth-order valence-corrected chi connectivity index (χ4v) is 1.87. The van der Waals surface area contributed by atoms with Crippen molar-refractivity contribution in [3.05, 3.63) is 0 Å². The predicted molar refractivity (Wildman–Crippen MR) is 56.2 cm³/mol. The summed E-state index contributed by atoms with van der Waals surface area (Å²) in [7, 11) is 1.04. The van der Waals surface area contributed by atoms with E-state index in [1.165, 1.54) is 0 Å². The van der Waals surface area contributed by atoms with Gasteiger partial charge in [0.1, 0.15) is 12.2 Å². The predicted octanol–water partition coefficient (Wildman–Crippen LogP) is -2.90. The molecule has 8 nitrogen and oxygen atoms in total. The van der Waals surface area contributed by atoms with Gasteiger partial charge in [-0.15, -0.1) is 0 Å². The lowest BCUT2D eigenvalue weighted by molar-refractivity contribution is -0.289. The van der Waals surface area contributed by atoms with Gasteiger partial charge in [0.15, 0.2) is 0 Å². The van der Waals surface area contributed by atoms with Crippen LogP contribution in [0.4, 0.5) is 0 Å². The summed E-state index contributed by atoms with van der Waals surface area (Å²) in [5.41, 5.74) is 0. The fraction of sp³-hybridized carbons (Fsp3) is 0.900. The van der Waals surface area contributed by atoms with Crippen LogP contribution in [0.15, 0.2) is 0 Å². The molecule has 1 fully saturated rings. The SMILES string of the molecule is COC(=O)C1(O)CC(O)CC(C(O)C(O)CO)O1. The van der Waals surface area contributed by atoms with E-state index in [1.807, 2.05) is 0 Å². The van der Waals surface area contributed by atoms with E-state index >= 15 is 0 Å². The molecule has 0 aromatic carbocycles. The molecule has 0 aromatic rings. The molecule has 5 unspecified atom stereocenters. The number of carbonyl (C=O) groups excluding carboxylic acids is 1. The highest BCUT2D eigenvalue weighted by Crippen LogP contribution is 2.30. The van der Waals surface area contributed by atoms with Gasteiger partial charge >= 0.3 is 5.97 Å². The minimum absolute atomic E-state index is 0.0858. The number of aliphatic hydroxyl groups excluding tert-OH is 4. The first-order valence-corrected chi connectivity index (χ1v) is 5.47. The largest absolute Gasteiger partial charge is 0.465 e. The van der Waals surface area contributed by atoms with Crippen molar-refractivity contribution in [2.24, 2.45) is 0 Å². The van der Waals surface area contributed by atoms with Crippen LogP contribution in [0.3, 0.4) is 0 Å². The molecule has 1 saturated heterocycles. The Hall–Kier alpha value is -0.770. The van der Waals surface area contributed by atoms with E-state index in [1.54, 1.807) is 0 Å². The van der Waals surface area contributed by atoms with Crippen LogP contribution < -0.4 is 0 Å². The van der Waals surface area contributed by atoms with Crippen molar-refractivity contribution in [2.75, 3.05) is 13.7 Å². The van der Waals surface area contributed by atoms with Crippen LogP contribution in [0.2, 0.25) is 0 Å². The van der Waals surface area contributed by atoms with E-state index in [2.05, 4.69) is 4.74 Å². The number of esters is 1. The quantitative estimate of drug-likeness (QED) is 0.342. The first-order chi connectivity index (χ1) is 8.34. The van der Waals surface area contributed by atoms with E-state index in [0.29, 0.717) is 0 Å². The van der Waals surface area contributed by atoms with Gasteiger partial charge < -0.3 is 35.0 Å². The molecule has 0 aromatic heterocycles. The zero-order valence-corrected chi connectivity index (χ0v) is 9.89. The molecule has 5 N–H and O–H groups in total. The first kappa shape index (κ1) is 15.3. The molecule has 1 heterocycles. The van der Waals surface area contributed by atoms with Gasteiger partial charge in [-0.2, -0.15) is 0 Å². The fourth-order valence-electron chi connectivity index (χ4n) is 1.87. The third kappa shape index (κ3) is 3.16. The summed E-state index contributed by atoms with van der Waals surface area (Å²) in [4.78, 5) is 11.3. The van der Waals surface area contributed by atoms with Gasteiger partial charge in [0, 0.05) is 12.8 Å². The van der Waals surface area contributed by atoms with Crippen LogP contribution in [-0.4, -0.2) is 75.4 Å². The van der Waals surface area contributed by atoms with Crippen LogP contribution in [-0.2, 0) is 14.3 Å². The Morgan fingerprint density at radius 1 is 1.56 bits per heavy atom. The summed E-state index contributed by atoms with van der Waals surface area (Å²) >= 11 is 0. The van der Waals surface area contributed by atoms with E-state index < -0.39 is 49.2 Å². The second kappa shape index (κ2) is 5.91. The number of methoxy groups -OCH3 is 1. The lowest BCUT2D eigenvalue weighted by Crippen LogP contribution is -2.56. The molecular weight excluding hydrogens is 248 g/mol. The lowest BCUT2D eigenvalue weighted by atomic mass is 9.93. The summed E-state index contributed by atoms with van der Waals surface area (Å²) in [6.45, 7) is -0.715. The van der Waals surface area contributed by atoms with E-state index in [0.717, 1.165) is 7.11 Å². The van der Waals surface area contributed by atoms with Crippen LogP contribution in [0.25, 0.3) is 0 Å². The second-order valence-electron chi connectivity index (χ2n) is 4.27. The second-order valence-corrected chi connectivity index (χ2v) is 4.27. The van der Waals surface area contributed by atoms with Gasteiger partial charge in [-0.25, -0.2) is 4.79 Å². The Kier molecular flexibility index (Phi) is 5.02. The van der Waals surface area contributed by atoms with E-state index in [9.17, 15) is 25.2 Å². The lowest BCUT2D eigenvalue weighted by Gasteiger charge is -2.39. The molecule has 1 rings (SSSR count). The third-order valence-corrected chi connectivity index (χ3v) is 2.83. The molecule has 0 aliphatic carbocycles. The Morgan fingerprint density at radius 3 is 2.67 bits per heavy atom. The highest BCUT2D eigenvalue weighted by Gasteiger charge is 2.49.